The number of hydrogen-bond acceptors (Lipinski definition) is 9. The van der Waals surface area contributed by atoms with Gasteiger partial charge in [-0.25, -0.2) is 0 Å². The van der Waals surface area contributed by atoms with Crippen molar-refractivity contribution in [2.24, 2.45) is 0 Å². The van der Waals surface area contributed by atoms with Crippen LogP contribution in [0, 0.1) is 6.92 Å². The van der Waals surface area contributed by atoms with Gasteiger partial charge in [0.2, 0.25) is 5.13 Å². The zero-order valence-electron chi connectivity index (χ0n) is 21.2. The van der Waals surface area contributed by atoms with E-state index in [2.05, 4.69) is 10.2 Å². The fraction of sp³-hybridized carbons (Fsp3) is 0.172. The van der Waals surface area contributed by atoms with Gasteiger partial charge in [0.15, 0.2) is 15.8 Å². The fourth-order valence-electron chi connectivity index (χ4n) is 4.26. The van der Waals surface area contributed by atoms with Crippen LogP contribution in [0.15, 0.2) is 82.7 Å². The van der Waals surface area contributed by atoms with Crippen LogP contribution in [-0.4, -0.2) is 38.7 Å². The standard InChI is InChI=1S/C29H25N3O5S2/c1-3-37-22-15-20(13-14-21(22)33)24-23(25(34)19-7-5-4-6-8-19)26(35)27(36)32(24)28-30-31-29(39-28)38-16-18-11-9-17(2)10-12-18/h4-15,24,33-34H,3,16H2,1-2H3/b25-23-. The maximum atomic E-state index is 13.4. The Labute approximate surface area is 233 Å². The molecule has 0 aliphatic carbocycles. The number of carbonyl (C=O) groups excluding carboxylic acids is 2. The minimum atomic E-state index is -1.01. The molecule has 8 nitrogen and oxygen atoms in total. The number of ether oxygens (including phenoxy) is 1. The molecule has 0 saturated carbocycles. The number of thioether (sulfide) groups is 1. The Hall–Kier alpha value is -4.15. The predicted octanol–water partition coefficient (Wildman–Crippen LogP) is 5.87. The van der Waals surface area contributed by atoms with Crippen molar-refractivity contribution < 1.29 is 24.5 Å². The van der Waals surface area contributed by atoms with Crippen LogP contribution >= 0.6 is 23.1 Å². The van der Waals surface area contributed by atoms with Gasteiger partial charge in [-0.15, -0.1) is 10.2 Å². The van der Waals surface area contributed by atoms with Gasteiger partial charge in [-0.3, -0.25) is 14.5 Å². The van der Waals surface area contributed by atoms with Gasteiger partial charge in [0, 0.05) is 11.3 Å². The number of phenolic OH excluding ortho intramolecular Hbond substituents is 1. The van der Waals surface area contributed by atoms with E-state index in [0.717, 1.165) is 5.56 Å². The SMILES string of the molecule is CCOc1cc(C2/C(=C(/O)c3ccccc3)C(=O)C(=O)N2c2nnc(SCc3ccc(C)cc3)s2)ccc1O. The van der Waals surface area contributed by atoms with Gasteiger partial charge < -0.3 is 14.9 Å². The summed E-state index contributed by atoms with van der Waals surface area (Å²) in [7, 11) is 0. The number of phenols is 1. The van der Waals surface area contributed by atoms with Crippen LogP contribution in [0.2, 0.25) is 0 Å². The number of ketones is 1. The summed E-state index contributed by atoms with van der Waals surface area (Å²) in [4.78, 5) is 28.0. The van der Waals surface area contributed by atoms with Crippen molar-refractivity contribution in [3.8, 4) is 11.5 Å². The third kappa shape index (κ3) is 5.39. The molecule has 3 aromatic carbocycles. The molecule has 1 aliphatic heterocycles. The zero-order valence-corrected chi connectivity index (χ0v) is 22.8. The zero-order chi connectivity index (χ0) is 27.5. The Morgan fingerprint density at radius 1 is 1.05 bits per heavy atom. The van der Waals surface area contributed by atoms with Gasteiger partial charge >= 0.3 is 5.91 Å². The van der Waals surface area contributed by atoms with Crippen LogP contribution in [0.1, 0.15) is 35.2 Å². The van der Waals surface area contributed by atoms with Crippen molar-refractivity contribution >= 4 is 45.7 Å². The normalized spacial score (nSPS) is 16.6. The molecule has 1 aliphatic rings. The Balaban J connectivity index is 1.56. The highest BCUT2D eigenvalue weighted by Crippen LogP contribution is 2.45. The molecule has 0 spiro atoms. The van der Waals surface area contributed by atoms with Crippen LogP contribution in [0.25, 0.3) is 5.76 Å². The number of Topliss-reactive ketones (excluding diaryl/α,β-unsaturated/α-hetero) is 1. The van der Waals surface area contributed by atoms with Gasteiger partial charge in [0.1, 0.15) is 5.76 Å². The molecule has 1 atom stereocenters. The van der Waals surface area contributed by atoms with E-state index in [4.69, 9.17) is 4.74 Å². The summed E-state index contributed by atoms with van der Waals surface area (Å²) >= 11 is 2.67. The van der Waals surface area contributed by atoms with E-state index in [9.17, 15) is 19.8 Å². The molecule has 2 N–H and O–H groups in total. The number of amides is 1. The van der Waals surface area contributed by atoms with Crippen LogP contribution in [0.3, 0.4) is 0 Å². The predicted molar refractivity (Wildman–Crippen MR) is 151 cm³/mol. The van der Waals surface area contributed by atoms with Crippen LogP contribution in [0.5, 0.6) is 11.5 Å². The highest BCUT2D eigenvalue weighted by molar-refractivity contribution is 8.00. The number of rotatable bonds is 8. The summed E-state index contributed by atoms with van der Waals surface area (Å²) in [5, 5.41) is 30.2. The second-order valence-electron chi connectivity index (χ2n) is 8.82. The molecule has 1 aromatic heterocycles. The lowest BCUT2D eigenvalue weighted by atomic mass is 9.95. The summed E-state index contributed by atoms with van der Waals surface area (Å²) < 4.78 is 6.19. The largest absolute Gasteiger partial charge is 0.507 e. The number of aromatic hydroxyl groups is 1. The molecule has 2 heterocycles. The number of hydrogen-bond donors (Lipinski definition) is 2. The molecule has 1 unspecified atom stereocenters. The highest BCUT2D eigenvalue weighted by Gasteiger charge is 2.48. The number of aromatic nitrogens is 2. The van der Waals surface area contributed by atoms with Gasteiger partial charge in [0.05, 0.1) is 18.2 Å². The summed E-state index contributed by atoms with van der Waals surface area (Å²) in [6.45, 7) is 4.12. The first kappa shape index (κ1) is 26.5. The molecule has 4 aromatic rings. The first-order valence-corrected chi connectivity index (χ1v) is 14.0. The number of benzene rings is 3. The number of carbonyl (C=O) groups is 2. The van der Waals surface area contributed by atoms with E-state index < -0.39 is 17.7 Å². The molecular weight excluding hydrogens is 534 g/mol. The summed E-state index contributed by atoms with van der Waals surface area (Å²) in [5.74, 6) is -1.17. The number of nitrogens with zero attached hydrogens (tertiary/aromatic N) is 3. The minimum absolute atomic E-state index is 0.0775. The third-order valence-electron chi connectivity index (χ3n) is 6.18. The topological polar surface area (TPSA) is 113 Å². The van der Waals surface area contributed by atoms with Crippen molar-refractivity contribution in [2.75, 3.05) is 11.5 Å². The Kier molecular flexibility index (Phi) is 7.67. The summed E-state index contributed by atoms with van der Waals surface area (Å²) in [5.41, 5.74) is 3.09. The van der Waals surface area contributed by atoms with Crippen molar-refractivity contribution in [1.29, 1.82) is 0 Å². The smallest absolute Gasteiger partial charge is 0.301 e. The van der Waals surface area contributed by atoms with Crippen molar-refractivity contribution in [1.82, 2.24) is 10.2 Å². The second kappa shape index (κ2) is 11.3. The average Bonchev–Trinajstić information content (AvgIpc) is 3.52. The molecular formula is C29H25N3O5S2. The van der Waals surface area contributed by atoms with E-state index in [-0.39, 0.29) is 28.0 Å². The lowest BCUT2D eigenvalue weighted by Gasteiger charge is -2.23. The highest BCUT2D eigenvalue weighted by atomic mass is 32.2. The Bertz CT molecular complexity index is 1550. The first-order chi connectivity index (χ1) is 18.9. The number of aliphatic hydroxyl groups excluding tert-OH is 1. The molecule has 39 heavy (non-hydrogen) atoms. The monoisotopic (exact) mass is 559 g/mol. The molecule has 1 saturated heterocycles. The second-order valence-corrected chi connectivity index (χ2v) is 11.0. The van der Waals surface area contributed by atoms with E-state index in [0.29, 0.717) is 27.8 Å². The van der Waals surface area contributed by atoms with Crippen molar-refractivity contribution in [2.45, 2.75) is 30.0 Å². The van der Waals surface area contributed by atoms with Crippen molar-refractivity contribution in [3.05, 3.63) is 101 Å². The molecule has 1 fully saturated rings. The molecule has 0 bridgehead atoms. The molecule has 0 radical (unpaired) electrons. The fourth-order valence-corrected chi connectivity index (χ4v) is 6.08. The Morgan fingerprint density at radius 2 is 1.79 bits per heavy atom. The van der Waals surface area contributed by atoms with Crippen LogP contribution in [0.4, 0.5) is 5.13 Å². The molecule has 1 amide bonds. The minimum Gasteiger partial charge on any atom is -0.507 e. The summed E-state index contributed by atoms with van der Waals surface area (Å²) in [6, 6.07) is 20.3. The van der Waals surface area contributed by atoms with Crippen molar-refractivity contribution in [3.63, 3.8) is 0 Å². The van der Waals surface area contributed by atoms with E-state index >= 15 is 0 Å². The molecule has 198 valence electrons. The van der Waals surface area contributed by atoms with Gasteiger partial charge in [0.25, 0.3) is 5.78 Å². The quantitative estimate of drug-likeness (QED) is 0.0906. The number of aliphatic hydroxyl groups is 1. The van der Waals surface area contributed by atoms with Crippen LogP contribution in [-0.2, 0) is 15.3 Å². The van der Waals surface area contributed by atoms with E-state index in [1.807, 2.05) is 31.2 Å². The lowest BCUT2D eigenvalue weighted by Crippen LogP contribution is -2.29. The van der Waals surface area contributed by atoms with Gasteiger partial charge in [-0.1, -0.05) is 89.3 Å². The molecule has 5 rings (SSSR count). The van der Waals surface area contributed by atoms with Gasteiger partial charge in [-0.2, -0.15) is 0 Å². The van der Waals surface area contributed by atoms with E-state index in [1.165, 1.54) is 39.6 Å². The third-order valence-corrected chi connectivity index (χ3v) is 8.30. The first-order valence-electron chi connectivity index (χ1n) is 12.2. The van der Waals surface area contributed by atoms with Gasteiger partial charge in [-0.05, 0) is 37.1 Å². The average molecular weight is 560 g/mol. The number of anilines is 1. The number of aryl methyl sites for hydroxylation is 1. The van der Waals surface area contributed by atoms with E-state index in [1.54, 1.807) is 49.4 Å². The molecule has 10 heteroatoms. The summed E-state index contributed by atoms with van der Waals surface area (Å²) in [6.07, 6.45) is 0. The van der Waals surface area contributed by atoms with Crippen LogP contribution < -0.4 is 9.64 Å². The Morgan fingerprint density at radius 3 is 2.51 bits per heavy atom. The lowest BCUT2D eigenvalue weighted by molar-refractivity contribution is -0.132. The maximum Gasteiger partial charge on any atom is 0.301 e. The maximum absolute atomic E-state index is 13.4.